The minimum Gasteiger partial charge on any atom is -0.340 e. The van der Waals surface area contributed by atoms with Crippen LogP contribution in [0.5, 0.6) is 0 Å². The van der Waals surface area contributed by atoms with Crippen molar-refractivity contribution in [3.8, 4) is 0 Å². The van der Waals surface area contributed by atoms with E-state index in [0.29, 0.717) is 25.5 Å². The Morgan fingerprint density at radius 3 is 2.77 bits per heavy atom. The third kappa shape index (κ3) is 4.12. The van der Waals surface area contributed by atoms with Crippen LogP contribution in [0, 0.1) is 12.8 Å². The molecule has 5 nitrogen and oxygen atoms in total. The molecule has 1 aliphatic heterocycles. The molecular weight excluding hydrogens is 345 g/mol. The number of nitrogens with one attached hydrogen (secondary N) is 1. The molecule has 26 heavy (non-hydrogen) atoms. The topological polar surface area (TPSA) is 58.1 Å². The SMILES string of the molecule is Cc1ccnc(N2CCCC(C(=O)Nc3ccccc3C(F)(F)F)C2)n1. The summed E-state index contributed by atoms with van der Waals surface area (Å²) in [5, 5.41) is 2.44. The van der Waals surface area contributed by atoms with Gasteiger partial charge in [-0.3, -0.25) is 4.79 Å². The first kappa shape index (κ1) is 18.2. The zero-order valence-corrected chi connectivity index (χ0v) is 14.3. The van der Waals surface area contributed by atoms with Gasteiger partial charge in [-0.15, -0.1) is 0 Å². The van der Waals surface area contributed by atoms with E-state index in [-0.39, 0.29) is 5.69 Å². The van der Waals surface area contributed by atoms with E-state index in [4.69, 9.17) is 0 Å². The Balaban J connectivity index is 1.73. The van der Waals surface area contributed by atoms with Gasteiger partial charge in [-0.2, -0.15) is 13.2 Å². The van der Waals surface area contributed by atoms with E-state index in [9.17, 15) is 18.0 Å². The molecule has 8 heteroatoms. The van der Waals surface area contributed by atoms with Crippen molar-refractivity contribution in [1.29, 1.82) is 0 Å². The van der Waals surface area contributed by atoms with E-state index in [1.54, 1.807) is 12.3 Å². The Morgan fingerprint density at radius 1 is 1.27 bits per heavy atom. The lowest BCUT2D eigenvalue weighted by atomic mass is 9.97. The van der Waals surface area contributed by atoms with Crippen molar-refractivity contribution < 1.29 is 18.0 Å². The van der Waals surface area contributed by atoms with Gasteiger partial charge >= 0.3 is 6.18 Å². The Bertz CT molecular complexity index is 794. The summed E-state index contributed by atoms with van der Waals surface area (Å²) in [6, 6.07) is 6.79. The summed E-state index contributed by atoms with van der Waals surface area (Å²) < 4.78 is 39.3. The van der Waals surface area contributed by atoms with Crippen LogP contribution < -0.4 is 10.2 Å². The number of hydrogen-bond donors (Lipinski definition) is 1. The molecule has 138 valence electrons. The molecule has 1 N–H and O–H groups in total. The van der Waals surface area contributed by atoms with Gasteiger partial charge in [0.2, 0.25) is 11.9 Å². The van der Waals surface area contributed by atoms with Gasteiger partial charge in [0.05, 0.1) is 17.2 Å². The molecular formula is C18H19F3N4O. The monoisotopic (exact) mass is 364 g/mol. The molecule has 0 aliphatic carbocycles. The fraction of sp³-hybridized carbons (Fsp3) is 0.389. The Hall–Kier alpha value is -2.64. The zero-order valence-electron chi connectivity index (χ0n) is 14.3. The number of amides is 1. The number of carbonyl (C=O) groups is 1. The van der Waals surface area contributed by atoms with Crippen molar-refractivity contribution in [2.45, 2.75) is 25.9 Å². The molecule has 1 aromatic heterocycles. The summed E-state index contributed by atoms with van der Waals surface area (Å²) in [4.78, 5) is 23.0. The number of alkyl halides is 3. The van der Waals surface area contributed by atoms with Crippen molar-refractivity contribution in [2.75, 3.05) is 23.3 Å². The highest BCUT2D eigenvalue weighted by Gasteiger charge is 2.34. The van der Waals surface area contributed by atoms with E-state index in [2.05, 4.69) is 15.3 Å². The zero-order chi connectivity index (χ0) is 18.7. The van der Waals surface area contributed by atoms with Gasteiger partial charge in [0.1, 0.15) is 0 Å². The number of piperidine rings is 1. The molecule has 1 aromatic carbocycles. The van der Waals surface area contributed by atoms with Crippen molar-refractivity contribution in [1.82, 2.24) is 9.97 Å². The van der Waals surface area contributed by atoms with Crippen LogP contribution >= 0.6 is 0 Å². The van der Waals surface area contributed by atoms with Gasteiger partial charge in [-0.05, 0) is 38.0 Å². The molecule has 1 atom stereocenters. The van der Waals surface area contributed by atoms with Crippen LogP contribution in [0.1, 0.15) is 24.1 Å². The number of aromatic nitrogens is 2. The second-order valence-electron chi connectivity index (χ2n) is 6.32. The highest BCUT2D eigenvalue weighted by atomic mass is 19.4. The minimum absolute atomic E-state index is 0.214. The van der Waals surface area contributed by atoms with Gasteiger partial charge in [0, 0.05) is 25.0 Å². The molecule has 0 radical (unpaired) electrons. The lowest BCUT2D eigenvalue weighted by Gasteiger charge is -2.32. The first-order valence-electron chi connectivity index (χ1n) is 8.36. The molecule has 0 saturated carbocycles. The summed E-state index contributed by atoms with van der Waals surface area (Å²) in [6.45, 7) is 2.95. The molecule has 1 fully saturated rings. The number of carbonyl (C=O) groups excluding carboxylic acids is 1. The molecule has 0 spiro atoms. The number of halogens is 3. The first-order valence-corrected chi connectivity index (χ1v) is 8.36. The fourth-order valence-corrected chi connectivity index (χ4v) is 3.03. The molecule has 1 aliphatic rings. The minimum atomic E-state index is -4.52. The molecule has 1 unspecified atom stereocenters. The average molecular weight is 364 g/mol. The lowest BCUT2D eigenvalue weighted by Crippen LogP contribution is -2.41. The number of nitrogens with zero attached hydrogens (tertiary/aromatic N) is 3. The van der Waals surface area contributed by atoms with Crippen molar-refractivity contribution >= 4 is 17.5 Å². The Labute approximate surface area is 149 Å². The summed E-state index contributed by atoms with van der Waals surface area (Å²) in [6.07, 6.45) is -1.50. The predicted octanol–water partition coefficient (Wildman–Crippen LogP) is 3.66. The van der Waals surface area contributed by atoms with Crippen molar-refractivity contribution in [3.63, 3.8) is 0 Å². The van der Waals surface area contributed by atoms with Crippen LogP contribution in [-0.2, 0) is 11.0 Å². The molecule has 2 aromatic rings. The van der Waals surface area contributed by atoms with Crippen LogP contribution in [-0.4, -0.2) is 29.0 Å². The van der Waals surface area contributed by atoms with Crippen molar-refractivity contribution in [3.05, 3.63) is 47.8 Å². The predicted molar refractivity (Wildman–Crippen MR) is 91.8 cm³/mol. The van der Waals surface area contributed by atoms with Gasteiger partial charge in [-0.1, -0.05) is 12.1 Å². The lowest BCUT2D eigenvalue weighted by molar-refractivity contribution is -0.137. The number of anilines is 2. The van der Waals surface area contributed by atoms with Crippen LogP contribution in [0.15, 0.2) is 36.5 Å². The van der Waals surface area contributed by atoms with Crippen LogP contribution in [0.3, 0.4) is 0 Å². The van der Waals surface area contributed by atoms with Crippen LogP contribution in [0.25, 0.3) is 0 Å². The third-order valence-corrected chi connectivity index (χ3v) is 4.35. The van der Waals surface area contributed by atoms with E-state index >= 15 is 0 Å². The molecule has 3 rings (SSSR count). The molecule has 1 saturated heterocycles. The largest absolute Gasteiger partial charge is 0.418 e. The van der Waals surface area contributed by atoms with E-state index in [1.807, 2.05) is 11.8 Å². The number of rotatable bonds is 3. The maximum Gasteiger partial charge on any atom is 0.418 e. The van der Waals surface area contributed by atoms with Crippen LogP contribution in [0.4, 0.5) is 24.8 Å². The normalized spacial score (nSPS) is 17.8. The summed E-state index contributed by atoms with van der Waals surface area (Å²) in [7, 11) is 0. The highest BCUT2D eigenvalue weighted by Crippen LogP contribution is 2.35. The Morgan fingerprint density at radius 2 is 2.04 bits per heavy atom. The number of aryl methyl sites for hydroxylation is 1. The van der Waals surface area contributed by atoms with Crippen molar-refractivity contribution in [2.24, 2.45) is 5.92 Å². The second kappa shape index (κ2) is 7.31. The smallest absolute Gasteiger partial charge is 0.340 e. The van der Waals surface area contributed by atoms with Gasteiger partial charge in [0.15, 0.2) is 0 Å². The fourth-order valence-electron chi connectivity index (χ4n) is 3.03. The maximum atomic E-state index is 13.1. The van der Waals surface area contributed by atoms with E-state index < -0.39 is 23.6 Å². The molecule has 0 bridgehead atoms. The summed E-state index contributed by atoms with van der Waals surface area (Å²) in [5.41, 5.74) is -0.238. The number of para-hydroxylation sites is 1. The third-order valence-electron chi connectivity index (χ3n) is 4.35. The van der Waals surface area contributed by atoms with E-state index in [0.717, 1.165) is 18.2 Å². The van der Waals surface area contributed by atoms with Gasteiger partial charge in [0.25, 0.3) is 0 Å². The standard InChI is InChI=1S/C18H19F3N4O/c1-12-8-9-22-17(23-12)25-10-4-5-13(11-25)16(26)24-15-7-3-2-6-14(15)18(19,20)21/h2-3,6-9,13H,4-5,10-11H2,1H3,(H,24,26). The van der Waals surface area contributed by atoms with Crippen LogP contribution in [0.2, 0.25) is 0 Å². The number of benzene rings is 1. The highest BCUT2D eigenvalue weighted by molar-refractivity contribution is 5.93. The second-order valence-corrected chi connectivity index (χ2v) is 6.32. The quantitative estimate of drug-likeness (QED) is 0.903. The first-order chi connectivity index (χ1) is 12.3. The van der Waals surface area contributed by atoms with E-state index in [1.165, 1.54) is 18.2 Å². The molecule has 1 amide bonds. The maximum absolute atomic E-state index is 13.1. The number of hydrogen-bond acceptors (Lipinski definition) is 4. The van der Waals surface area contributed by atoms with Gasteiger partial charge < -0.3 is 10.2 Å². The van der Waals surface area contributed by atoms with Gasteiger partial charge in [-0.25, -0.2) is 9.97 Å². The average Bonchev–Trinajstić information content (AvgIpc) is 2.61. The summed E-state index contributed by atoms with van der Waals surface area (Å²) >= 11 is 0. The Kier molecular flexibility index (Phi) is 5.11. The molecule has 2 heterocycles. The summed E-state index contributed by atoms with van der Waals surface area (Å²) in [5.74, 6) is -0.300.